The Morgan fingerprint density at radius 2 is 2.15 bits per heavy atom. The number of piperidine rings is 1. The number of ether oxygens (including phenoxy) is 1. The number of pyridine rings is 1. The number of H-pyrrole nitrogens is 1. The average Bonchev–Trinajstić information content (AvgIpc) is 2.66. The highest BCUT2D eigenvalue weighted by Gasteiger charge is 2.26. The molecule has 8 heteroatoms. The lowest BCUT2D eigenvalue weighted by molar-refractivity contribution is 0.0599. The Labute approximate surface area is 156 Å². The maximum atomic E-state index is 11.9. The van der Waals surface area contributed by atoms with E-state index in [0.717, 1.165) is 25.1 Å². The molecule has 0 aliphatic carbocycles. The lowest BCUT2D eigenvalue weighted by Gasteiger charge is -2.34. The molecule has 2 aromatic rings. The number of carbonyl (C=O) groups excluding carboxylic acids is 1. The van der Waals surface area contributed by atoms with Crippen LogP contribution in [0.15, 0.2) is 16.9 Å². The Hall–Kier alpha value is -3.21. The third-order valence-corrected chi connectivity index (χ3v) is 4.74. The summed E-state index contributed by atoms with van der Waals surface area (Å²) in [6.45, 7) is 4.83. The van der Waals surface area contributed by atoms with E-state index < -0.39 is 5.97 Å². The highest BCUT2D eigenvalue weighted by Crippen LogP contribution is 2.30. The molecule has 0 amide bonds. The zero-order valence-electron chi connectivity index (χ0n) is 15.6. The molecule has 1 atom stereocenters. The predicted octanol–water partition coefficient (Wildman–Crippen LogP) is 1.82. The van der Waals surface area contributed by atoms with Crippen LogP contribution >= 0.6 is 0 Å². The van der Waals surface area contributed by atoms with Crippen LogP contribution in [0.5, 0.6) is 0 Å². The summed E-state index contributed by atoms with van der Waals surface area (Å²) in [6.07, 6.45) is 1.80. The monoisotopic (exact) mass is 367 g/mol. The Morgan fingerprint density at radius 1 is 1.37 bits per heavy atom. The van der Waals surface area contributed by atoms with Crippen molar-refractivity contribution >= 4 is 11.8 Å². The van der Waals surface area contributed by atoms with Crippen LogP contribution in [0.1, 0.15) is 51.9 Å². The molecule has 3 heterocycles. The van der Waals surface area contributed by atoms with Crippen LogP contribution in [0.2, 0.25) is 0 Å². The maximum Gasteiger partial charge on any atom is 0.339 e. The number of nitrogens with zero attached hydrogens (tertiary/aromatic N) is 4. The number of esters is 1. The number of nitriles is 1. The van der Waals surface area contributed by atoms with Gasteiger partial charge in [-0.05, 0) is 32.8 Å². The summed E-state index contributed by atoms with van der Waals surface area (Å²) in [5.74, 6) is 0.703. The summed E-state index contributed by atoms with van der Waals surface area (Å²) >= 11 is 0. The number of methoxy groups -OCH3 is 1. The van der Waals surface area contributed by atoms with Crippen molar-refractivity contribution in [3.8, 4) is 6.07 Å². The van der Waals surface area contributed by atoms with E-state index in [-0.39, 0.29) is 11.5 Å². The van der Waals surface area contributed by atoms with E-state index in [4.69, 9.17) is 4.74 Å². The number of aromatic nitrogens is 3. The number of aryl methyl sites for hydroxylation is 2. The van der Waals surface area contributed by atoms with Crippen LogP contribution in [-0.4, -0.2) is 41.1 Å². The first-order valence-corrected chi connectivity index (χ1v) is 8.75. The fourth-order valence-corrected chi connectivity index (χ4v) is 3.46. The lowest BCUT2D eigenvalue weighted by atomic mass is 9.94. The second kappa shape index (κ2) is 7.58. The minimum atomic E-state index is -0.511. The molecule has 1 fully saturated rings. The topological polar surface area (TPSA) is 112 Å². The molecule has 0 saturated carbocycles. The SMILES string of the molecule is COC(=O)c1cc(C#N)c(N2CCCC(c3cc(=O)[nH]c(C)n3)C2)nc1C. The molecule has 1 saturated heterocycles. The Morgan fingerprint density at radius 3 is 2.81 bits per heavy atom. The molecule has 8 nitrogen and oxygen atoms in total. The van der Waals surface area contributed by atoms with Gasteiger partial charge in [-0.3, -0.25) is 4.79 Å². The normalized spacial score (nSPS) is 16.7. The van der Waals surface area contributed by atoms with E-state index in [1.54, 1.807) is 13.8 Å². The number of rotatable bonds is 3. The van der Waals surface area contributed by atoms with Crippen LogP contribution in [0.25, 0.3) is 0 Å². The van der Waals surface area contributed by atoms with Crippen molar-refractivity contribution in [1.29, 1.82) is 5.26 Å². The van der Waals surface area contributed by atoms with Gasteiger partial charge in [0.2, 0.25) is 0 Å². The van der Waals surface area contributed by atoms with Crippen molar-refractivity contribution in [2.24, 2.45) is 0 Å². The zero-order chi connectivity index (χ0) is 19.6. The molecule has 1 unspecified atom stereocenters. The van der Waals surface area contributed by atoms with Crippen LogP contribution in [0.4, 0.5) is 5.82 Å². The first kappa shape index (κ1) is 18.6. The number of hydrogen-bond acceptors (Lipinski definition) is 7. The van der Waals surface area contributed by atoms with Gasteiger partial charge in [0.05, 0.1) is 29.6 Å². The minimum Gasteiger partial charge on any atom is -0.465 e. The van der Waals surface area contributed by atoms with E-state index in [2.05, 4.69) is 21.0 Å². The van der Waals surface area contributed by atoms with Crippen molar-refractivity contribution < 1.29 is 9.53 Å². The number of aromatic amines is 1. The molecule has 0 radical (unpaired) electrons. The third kappa shape index (κ3) is 3.82. The molecule has 1 aliphatic heterocycles. The van der Waals surface area contributed by atoms with Gasteiger partial charge >= 0.3 is 5.97 Å². The average molecular weight is 367 g/mol. The molecule has 0 bridgehead atoms. The lowest BCUT2D eigenvalue weighted by Crippen LogP contribution is -2.36. The fourth-order valence-electron chi connectivity index (χ4n) is 3.46. The van der Waals surface area contributed by atoms with E-state index in [1.807, 2.05) is 4.90 Å². The minimum absolute atomic E-state index is 0.0775. The Balaban J connectivity index is 1.94. The predicted molar refractivity (Wildman–Crippen MR) is 98.8 cm³/mol. The van der Waals surface area contributed by atoms with Gasteiger partial charge in [0, 0.05) is 25.1 Å². The fraction of sp³-hybridized carbons (Fsp3) is 0.421. The van der Waals surface area contributed by atoms with Crippen molar-refractivity contribution in [3.63, 3.8) is 0 Å². The number of anilines is 1. The van der Waals surface area contributed by atoms with Crippen LogP contribution < -0.4 is 10.5 Å². The number of hydrogen-bond donors (Lipinski definition) is 1. The molecule has 0 aromatic carbocycles. The highest BCUT2D eigenvalue weighted by molar-refractivity contribution is 5.91. The number of carbonyl (C=O) groups is 1. The van der Waals surface area contributed by atoms with E-state index in [0.29, 0.717) is 35.0 Å². The third-order valence-electron chi connectivity index (χ3n) is 4.74. The smallest absolute Gasteiger partial charge is 0.339 e. The summed E-state index contributed by atoms with van der Waals surface area (Å²) in [5, 5.41) is 9.55. The molecule has 3 rings (SSSR count). The molecule has 27 heavy (non-hydrogen) atoms. The first-order valence-electron chi connectivity index (χ1n) is 8.75. The summed E-state index contributed by atoms with van der Waals surface area (Å²) in [7, 11) is 1.30. The second-order valence-electron chi connectivity index (χ2n) is 6.64. The van der Waals surface area contributed by atoms with Gasteiger partial charge in [-0.2, -0.15) is 5.26 Å². The van der Waals surface area contributed by atoms with Gasteiger partial charge in [-0.15, -0.1) is 0 Å². The molecular formula is C19H21N5O3. The van der Waals surface area contributed by atoms with Crippen molar-refractivity contribution in [3.05, 3.63) is 50.8 Å². The van der Waals surface area contributed by atoms with E-state index in [1.165, 1.54) is 19.2 Å². The molecule has 1 N–H and O–H groups in total. The van der Waals surface area contributed by atoms with Crippen LogP contribution in [0, 0.1) is 25.2 Å². The largest absolute Gasteiger partial charge is 0.465 e. The van der Waals surface area contributed by atoms with Gasteiger partial charge in [0.25, 0.3) is 5.56 Å². The zero-order valence-corrected chi connectivity index (χ0v) is 15.6. The van der Waals surface area contributed by atoms with Gasteiger partial charge in [0.15, 0.2) is 0 Å². The first-order chi connectivity index (χ1) is 12.9. The van der Waals surface area contributed by atoms with Crippen LogP contribution in [0.3, 0.4) is 0 Å². The van der Waals surface area contributed by atoms with Gasteiger partial charge in [-0.1, -0.05) is 0 Å². The quantitative estimate of drug-likeness (QED) is 0.824. The summed E-state index contributed by atoms with van der Waals surface area (Å²) < 4.78 is 4.76. The van der Waals surface area contributed by atoms with Gasteiger partial charge in [0.1, 0.15) is 17.7 Å². The summed E-state index contributed by atoms with van der Waals surface area (Å²) in [5.41, 5.74) is 1.73. The highest BCUT2D eigenvalue weighted by atomic mass is 16.5. The second-order valence-corrected chi connectivity index (χ2v) is 6.64. The summed E-state index contributed by atoms with van der Waals surface area (Å²) in [6, 6.07) is 5.19. The molecular weight excluding hydrogens is 346 g/mol. The number of nitrogens with one attached hydrogen (secondary N) is 1. The molecule has 2 aromatic heterocycles. The molecule has 1 aliphatic rings. The van der Waals surface area contributed by atoms with Gasteiger partial charge < -0.3 is 14.6 Å². The van der Waals surface area contributed by atoms with Crippen molar-refractivity contribution in [1.82, 2.24) is 15.0 Å². The summed E-state index contributed by atoms with van der Waals surface area (Å²) in [4.78, 5) is 37.3. The van der Waals surface area contributed by atoms with Crippen molar-refractivity contribution in [2.75, 3.05) is 25.1 Å². The van der Waals surface area contributed by atoms with Crippen LogP contribution in [-0.2, 0) is 4.74 Å². The maximum absolute atomic E-state index is 11.9. The Bertz CT molecular complexity index is 976. The Kier molecular flexibility index (Phi) is 5.21. The van der Waals surface area contributed by atoms with Crippen molar-refractivity contribution in [2.45, 2.75) is 32.6 Å². The standard InChI is InChI=1S/C19H21N5O3/c1-11-15(19(26)27-3)7-14(9-20)18(21-11)24-6-4-5-13(10-24)16-8-17(25)23-12(2)22-16/h7-8,13H,4-6,10H2,1-3H3,(H,22,23,25). The van der Waals surface area contributed by atoms with E-state index in [9.17, 15) is 14.9 Å². The molecule has 0 spiro atoms. The molecule has 140 valence electrons. The van der Waals surface area contributed by atoms with E-state index >= 15 is 0 Å². The van der Waals surface area contributed by atoms with Gasteiger partial charge in [-0.25, -0.2) is 14.8 Å².